The maximum absolute atomic E-state index is 9.89. The zero-order valence-corrected chi connectivity index (χ0v) is 16.9. The summed E-state index contributed by atoms with van der Waals surface area (Å²) >= 11 is 12.6. The van der Waals surface area contributed by atoms with E-state index in [0.29, 0.717) is 59.3 Å². The van der Waals surface area contributed by atoms with Crippen LogP contribution in [0, 0.1) is 11.3 Å². The number of nitrogens with zero attached hydrogens (tertiary/aromatic N) is 5. The van der Waals surface area contributed by atoms with Gasteiger partial charge < -0.3 is 9.64 Å². The third kappa shape index (κ3) is 3.99. The molecule has 4 rings (SSSR count). The molecule has 1 fully saturated rings. The Morgan fingerprint density at radius 1 is 1.00 bits per heavy atom. The molecule has 0 saturated carbocycles. The molecule has 6 nitrogen and oxygen atoms in total. The van der Waals surface area contributed by atoms with Gasteiger partial charge in [0.1, 0.15) is 6.07 Å². The Balaban J connectivity index is 1.88. The lowest BCUT2D eigenvalue weighted by Crippen LogP contribution is -2.38. The first-order chi connectivity index (χ1) is 14.2. The fourth-order valence-corrected chi connectivity index (χ4v) is 3.68. The molecule has 8 heteroatoms. The van der Waals surface area contributed by atoms with Gasteiger partial charge in [-0.2, -0.15) is 5.26 Å². The molecule has 0 spiro atoms. The molecule has 0 atom stereocenters. The largest absolute Gasteiger partial charge is 0.378 e. The molecule has 1 aliphatic rings. The minimum atomic E-state index is 0.316. The summed E-state index contributed by atoms with van der Waals surface area (Å²) in [5.41, 5.74) is 1.75. The normalized spacial score (nSPS) is 14.7. The van der Waals surface area contributed by atoms with Gasteiger partial charge in [0, 0.05) is 28.7 Å². The molecule has 1 saturated heterocycles. The van der Waals surface area contributed by atoms with Gasteiger partial charge in [-0.15, -0.1) is 10.2 Å². The monoisotopic (exact) mass is 425 g/mol. The number of nitriles is 1. The summed E-state index contributed by atoms with van der Waals surface area (Å²) in [5, 5.41) is 19.6. The van der Waals surface area contributed by atoms with Crippen molar-refractivity contribution in [3.63, 3.8) is 0 Å². The van der Waals surface area contributed by atoms with E-state index < -0.39 is 0 Å². The van der Waals surface area contributed by atoms with Gasteiger partial charge in [-0.05, 0) is 30.3 Å². The van der Waals surface area contributed by atoms with Crippen molar-refractivity contribution in [2.45, 2.75) is 0 Å². The fourth-order valence-electron chi connectivity index (χ4n) is 3.17. The molecule has 1 aromatic heterocycles. The number of ether oxygens (including phenoxy) is 1. The van der Waals surface area contributed by atoms with E-state index in [1.807, 2.05) is 34.9 Å². The number of benzene rings is 2. The van der Waals surface area contributed by atoms with Crippen LogP contribution in [0.15, 0.2) is 48.5 Å². The minimum Gasteiger partial charge on any atom is -0.378 e. The van der Waals surface area contributed by atoms with Crippen molar-refractivity contribution in [2.24, 2.45) is 0 Å². The maximum Gasteiger partial charge on any atom is 0.232 e. The molecule has 3 aromatic rings. The van der Waals surface area contributed by atoms with E-state index in [9.17, 15) is 5.26 Å². The second-order valence-corrected chi connectivity index (χ2v) is 7.21. The molecule has 0 N–H and O–H groups in total. The van der Waals surface area contributed by atoms with Crippen molar-refractivity contribution < 1.29 is 4.74 Å². The van der Waals surface area contributed by atoms with Gasteiger partial charge in [-0.1, -0.05) is 47.5 Å². The number of hydrogen-bond acceptors (Lipinski definition) is 5. The molecule has 1 aliphatic heterocycles. The second kappa shape index (κ2) is 8.66. The Bertz CT molecular complexity index is 1060. The topological polar surface area (TPSA) is 67.0 Å². The van der Waals surface area contributed by atoms with Crippen LogP contribution in [0.25, 0.3) is 17.3 Å². The minimum absolute atomic E-state index is 0.316. The first-order valence-corrected chi connectivity index (χ1v) is 9.84. The van der Waals surface area contributed by atoms with Gasteiger partial charge in [0.15, 0.2) is 5.82 Å². The highest BCUT2D eigenvalue weighted by Gasteiger charge is 2.23. The third-order valence-electron chi connectivity index (χ3n) is 4.60. The average Bonchev–Trinajstić information content (AvgIpc) is 3.20. The number of halogens is 2. The number of hydrogen-bond donors (Lipinski definition) is 0. The Morgan fingerprint density at radius 2 is 1.69 bits per heavy atom. The van der Waals surface area contributed by atoms with E-state index in [1.54, 1.807) is 24.3 Å². The highest BCUT2D eigenvalue weighted by Crippen LogP contribution is 2.31. The smallest absolute Gasteiger partial charge is 0.232 e. The van der Waals surface area contributed by atoms with Crippen LogP contribution >= 0.6 is 23.2 Å². The van der Waals surface area contributed by atoms with E-state index in [4.69, 9.17) is 27.9 Å². The van der Waals surface area contributed by atoms with Gasteiger partial charge in [0.2, 0.25) is 5.95 Å². The molecule has 2 aromatic carbocycles. The first-order valence-electron chi connectivity index (χ1n) is 9.09. The van der Waals surface area contributed by atoms with Gasteiger partial charge in [0.05, 0.1) is 24.5 Å². The molecule has 0 unspecified atom stereocenters. The molecule has 0 amide bonds. The highest BCUT2D eigenvalue weighted by molar-refractivity contribution is 6.37. The number of aromatic nitrogens is 3. The van der Waals surface area contributed by atoms with Crippen LogP contribution in [-0.2, 0) is 4.74 Å². The summed E-state index contributed by atoms with van der Waals surface area (Å²) in [4.78, 5) is 2.10. The van der Waals surface area contributed by atoms with Gasteiger partial charge in [-0.25, -0.2) is 0 Å². The van der Waals surface area contributed by atoms with Crippen LogP contribution < -0.4 is 4.90 Å². The molecule has 146 valence electrons. The Kier molecular flexibility index (Phi) is 5.81. The molecule has 2 heterocycles. The van der Waals surface area contributed by atoms with Gasteiger partial charge in [-0.3, -0.25) is 4.57 Å². The standard InChI is InChI=1S/C21H17Cl2N5O/c22-18-7-4-8-19(23)17(18)13-15(14-24)20-25-26-21(27-9-11-29-12-10-27)28(20)16-5-2-1-3-6-16/h1-8,13H,9-12H2. The van der Waals surface area contributed by atoms with E-state index in [0.717, 1.165) is 5.69 Å². The van der Waals surface area contributed by atoms with Crippen LogP contribution in [0.5, 0.6) is 0 Å². The van der Waals surface area contributed by atoms with Crippen molar-refractivity contribution in [3.8, 4) is 11.8 Å². The van der Waals surface area contributed by atoms with Gasteiger partial charge >= 0.3 is 0 Å². The quantitative estimate of drug-likeness (QED) is 0.576. The zero-order valence-electron chi connectivity index (χ0n) is 15.4. The predicted molar refractivity (Wildman–Crippen MR) is 114 cm³/mol. The van der Waals surface area contributed by atoms with Crippen molar-refractivity contribution in [2.75, 3.05) is 31.2 Å². The summed E-state index contributed by atoms with van der Waals surface area (Å²) in [6, 6.07) is 17.2. The van der Waals surface area contributed by atoms with Crippen molar-refractivity contribution in [1.29, 1.82) is 5.26 Å². The summed E-state index contributed by atoms with van der Waals surface area (Å²) in [6.07, 6.45) is 1.65. The summed E-state index contributed by atoms with van der Waals surface area (Å²) in [5.74, 6) is 1.09. The Labute approximate surface area is 178 Å². The van der Waals surface area contributed by atoms with Crippen LogP contribution in [-0.4, -0.2) is 41.1 Å². The summed E-state index contributed by atoms with van der Waals surface area (Å²) in [6.45, 7) is 2.64. The number of para-hydroxylation sites is 1. The number of morpholine rings is 1. The lowest BCUT2D eigenvalue weighted by atomic mass is 10.1. The molecule has 0 radical (unpaired) electrons. The van der Waals surface area contributed by atoms with E-state index >= 15 is 0 Å². The zero-order chi connectivity index (χ0) is 20.2. The third-order valence-corrected chi connectivity index (χ3v) is 5.26. The fraction of sp³-hybridized carbons (Fsp3) is 0.190. The highest BCUT2D eigenvalue weighted by atomic mass is 35.5. The SMILES string of the molecule is N#CC(=Cc1c(Cl)cccc1Cl)c1nnc(N2CCOCC2)n1-c1ccccc1. The van der Waals surface area contributed by atoms with Crippen LogP contribution in [0.1, 0.15) is 11.4 Å². The maximum atomic E-state index is 9.89. The number of rotatable bonds is 4. The van der Waals surface area contributed by atoms with E-state index in [2.05, 4.69) is 21.2 Å². The molecular formula is C21H17Cl2N5O. The second-order valence-electron chi connectivity index (χ2n) is 6.40. The van der Waals surface area contributed by atoms with Crippen LogP contribution in [0.3, 0.4) is 0 Å². The molecule has 0 bridgehead atoms. The van der Waals surface area contributed by atoms with Crippen molar-refractivity contribution in [3.05, 3.63) is 70.0 Å². The molecule has 29 heavy (non-hydrogen) atoms. The Hall–Kier alpha value is -2.85. The lowest BCUT2D eigenvalue weighted by Gasteiger charge is -2.28. The number of allylic oxidation sites excluding steroid dienone is 1. The van der Waals surface area contributed by atoms with E-state index in [1.165, 1.54) is 0 Å². The van der Waals surface area contributed by atoms with E-state index in [-0.39, 0.29) is 0 Å². The summed E-state index contributed by atoms with van der Waals surface area (Å²) in [7, 11) is 0. The predicted octanol–water partition coefficient (Wildman–Crippen LogP) is 4.47. The van der Waals surface area contributed by atoms with Crippen molar-refractivity contribution >= 4 is 40.8 Å². The molecule has 0 aliphatic carbocycles. The van der Waals surface area contributed by atoms with Crippen molar-refractivity contribution in [1.82, 2.24) is 14.8 Å². The number of anilines is 1. The van der Waals surface area contributed by atoms with Crippen LogP contribution in [0.2, 0.25) is 10.0 Å². The average molecular weight is 426 g/mol. The lowest BCUT2D eigenvalue weighted by molar-refractivity contribution is 0.122. The first kappa shape index (κ1) is 19.5. The molecular weight excluding hydrogens is 409 g/mol. The Morgan fingerprint density at radius 3 is 2.34 bits per heavy atom. The summed E-state index contributed by atoms with van der Waals surface area (Å²) < 4.78 is 7.34. The van der Waals surface area contributed by atoms with Gasteiger partial charge in [0.25, 0.3) is 0 Å². The van der Waals surface area contributed by atoms with Crippen LogP contribution in [0.4, 0.5) is 5.95 Å².